The summed E-state index contributed by atoms with van der Waals surface area (Å²) in [5.74, 6) is -0.742. The average molecular weight is 229 g/mol. The van der Waals surface area contributed by atoms with Gasteiger partial charge < -0.3 is 15.2 Å². The summed E-state index contributed by atoms with van der Waals surface area (Å²) in [4.78, 5) is 11.0. The molecule has 16 heavy (non-hydrogen) atoms. The summed E-state index contributed by atoms with van der Waals surface area (Å²) in [6.07, 6.45) is 3.82. The van der Waals surface area contributed by atoms with Crippen molar-refractivity contribution in [2.45, 2.75) is 70.7 Å². The number of carboxylic acids is 1. The lowest BCUT2D eigenvalue weighted by Crippen LogP contribution is -2.48. The molecule has 1 fully saturated rings. The maximum atomic E-state index is 11.0. The second-order valence-electron chi connectivity index (χ2n) is 4.77. The first-order chi connectivity index (χ1) is 7.52. The fourth-order valence-electron chi connectivity index (χ4n) is 2.39. The van der Waals surface area contributed by atoms with E-state index in [1.165, 1.54) is 0 Å². The van der Waals surface area contributed by atoms with Crippen molar-refractivity contribution >= 4 is 5.97 Å². The Morgan fingerprint density at radius 3 is 2.44 bits per heavy atom. The van der Waals surface area contributed by atoms with Gasteiger partial charge in [0.15, 0.2) is 0 Å². The highest BCUT2D eigenvalue weighted by Crippen LogP contribution is 2.19. The van der Waals surface area contributed by atoms with Crippen molar-refractivity contribution < 1.29 is 14.6 Å². The van der Waals surface area contributed by atoms with Gasteiger partial charge in [-0.2, -0.15) is 0 Å². The third-order valence-electron chi connectivity index (χ3n) is 3.01. The monoisotopic (exact) mass is 229 g/mol. The highest BCUT2D eigenvalue weighted by atomic mass is 16.5. The van der Waals surface area contributed by atoms with Gasteiger partial charge in [-0.3, -0.25) is 4.79 Å². The van der Waals surface area contributed by atoms with Crippen molar-refractivity contribution in [3.63, 3.8) is 0 Å². The minimum absolute atomic E-state index is 0.220. The molecule has 1 aliphatic rings. The molecule has 3 unspecified atom stereocenters. The molecule has 1 aliphatic heterocycles. The second kappa shape index (κ2) is 6.21. The predicted octanol–water partition coefficient (Wildman–Crippen LogP) is 1.79. The van der Waals surface area contributed by atoms with E-state index in [0.29, 0.717) is 6.42 Å². The zero-order valence-corrected chi connectivity index (χ0v) is 10.4. The molecule has 0 amide bonds. The van der Waals surface area contributed by atoms with Gasteiger partial charge in [0.2, 0.25) is 0 Å². The Bertz CT molecular complexity index is 222. The van der Waals surface area contributed by atoms with E-state index in [2.05, 4.69) is 5.32 Å². The molecule has 4 nitrogen and oxygen atoms in total. The smallest absolute Gasteiger partial charge is 0.320 e. The van der Waals surface area contributed by atoms with Crippen LogP contribution >= 0.6 is 0 Å². The topological polar surface area (TPSA) is 58.6 Å². The minimum Gasteiger partial charge on any atom is -0.480 e. The Morgan fingerprint density at radius 2 is 2.00 bits per heavy atom. The molecule has 0 bridgehead atoms. The highest BCUT2D eigenvalue weighted by molar-refractivity contribution is 5.73. The lowest BCUT2D eigenvalue weighted by atomic mass is 9.98. The largest absolute Gasteiger partial charge is 0.480 e. The molecule has 1 saturated heterocycles. The number of carboxylic acid groups (broad SMARTS) is 1. The van der Waals surface area contributed by atoms with E-state index in [4.69, 9.17) is 9.84 Å². The number of carbonyl (C=O) groups is 1. The molecule has 0 spiro atoms. The first kappa shape index (κ1) is 13.5. The quantitative estimate of drug-likeness (QED) is 0.754. The third kappa shape index (κ3) is 4.10. The number of aliphatic carboxylic acids is 1. The van der Waals surface area contributed by atoms with Crippen LogP contribution < -0.4 is 5.32 Å². The van der Waals surface area contributed by atoms with Gasteiger partial charge in [0.1, 0.15) is 6.04 Å². The van der Waals surface area contributed by atoms with Crippen LogP contribution in [0.4, 0.5) is 0 Å². The molecule has 0 radical (unpaired) electrons. The van der Waals surface area contributed by atoms with Gasteiger partial charge in [-0.1, -0.05) is 13.3 Å². The maximum absolute atomic E-state index is 11.0. The zero-order valence-electron chi connectivity index (χ0n) is 10.4. The molecule has 1 rings (SSSR count). The van der Waals surface area contributed by atoms with Gasteiger partial charge in [0.25, 0.3) is 0 Å². The van der Waals surface area contributed by atoms with Crippen LogP contribution in [0.2, 0.25) is 0 Å². The zero-order chi connectivity index (χ0) is 12.1. The molecule has 0 aliphatic carbocycles. The predicted molar refractivity (Wildman–Crippen MR) is 62.5 cm³/mol. The van der Waals surface area contributed by atoms with Crippen LogP contribution in [0.15, 0.2) is 0 Å². The Kier molecular flexibility index (Phi) is 5.22. The molecule has 0 aromatic rings. The van der Waals surface area contributed by atoms with Crippen LogP contribution in [0.3, 0.4) is 0 Å². The average Bonchev–Trinajstić information content (AvgIpc) is 2.15. The Morgan fingerprint density at radius 1 is 1.44 bits per heavy atom. The lowest BCUT2D eigenvalue weighted by molar-refractivity contribution is -0.140. The van der Waals surface area contributed by atoms with E-state index in [-0.39, 0.29) is 18.2 Å². The van der Waals surface area contributed by atoms with Gasteiger partial charge >= 0.3 is 5.97 Å². The summed E-state index contributed by atoms with van der Waals surface area (Å²) < 4.78 is 5.63. The standard InChI is InChI=1S/C12H23NO3/c1-4-5-11(12(14)15)13-10-6-8(2)16-9(3)7-10/h8-11,13H,4-7H2,1-3H3,(H,14,15). The van der Waals surface area contributed by atoms with E-state index in [0.717, 1.165) is 19.3 Å². The van der Waals surface area contributed by atoms with E-state index >= 15 is 0 Å². The number of ether oxygens (including phenoxy) is 1. The van der Waals surface area contributed by atoms with Crippen LogP contribution in [0, 0.1) is 0 Å². The summed E-state index contributed by atoms with van der Waals surface area (Å²) in [6.45, 7) is 6.09. The van der Waals surface area contributed by atoms with Crippen LogP contribution in [0.1, 0.15) is 46.5 Å². The number of rotatable bonds is 5. The third-order valence-corrected chi connectivity index (χ3v) is 3.01. The van der Waals surface area contributed by atoms with Gasteiger partial charge in [-0.05, 0) is 33.1 Å². The van der Waals surface area contributed by atoms with Crippen molar-refractivity contribution in [1.82, 2.24) is 5.32 Å². The maximum Gasteiger partial charge on any atom is 0.320 e. The van der Waals surface area contributed by atoms with Crippen molar-refractivity contribution in [3.05, 3.63) is 0 Å². The normalized spacial score (nSPS) is 32.3. The molecule has 1 heterocycles. The molecule has 0 aromatic carbocycles. The highest BCUT2D eigenvalue weighted by Gasteiger charge is 2.27. The van der Waals surface area contributed by atoms with Crippen LogP contribution in [-0.2, 0) is 9.53 Å². The first-order valence-electron chi connectivity index (χ1n) is 6.17. The fraction of sp³-hybridized carbons (Fsp3) is 0.917. The van der Waals surface area contributed by atoms with Gasteiger partial charge in [0, 0.05) is 6.04 Å². The molecule has 2 N–H and O–H groups in total. The first-order valence-corrected chi connectivity index (χ1v) is 6.17. The van der Waals surface area contributed by atoms with Crippen molar-refractivity contribution in [3.8, 4) is 0 Å². The van der Waals surface area contributed by atoms with Crippen LogP contribution in [-0.4, -0.2) is 35.4 Å². The SMILES string of the molecule is CCCC(NC1CC(C)OC(C)C1)C(=O)O. The van der Waals surface area contributed by atoms with Gasteiger partial charge in [-0.15, -0.1) is 0 Å². The minimum atomic E-state index is -0.742. The van der Waals surface area contributed by atoms with Gasteiger partial charge in [0.05, 0.1) is 12.2 Å². The summed E-state index contributed by atoms with van der Waals surface area (Å²) >= 11 is 0. The van der Waals surface area contributed by atoms with Gasteiger partial charge in [-0.25, -0.2) is 0 Å². The number of hydrogen-bond acceptors (Lipinski definition) is 3. The summed E-state index contributed by atoms with van der Waals surface area (Å²) in [5.41, 5.74) is 0. The summed E-state index contributed by atoms with van der Waals surface area (Å²) in [6, 6.07) is -0.140. The van der Waals surface area contributed by atoms with Crippen LogP contribution in [0.25, 0.3) is 0 Å². The lowest BCUT2D eigenvalue weighted by Gasteiger charge is -2.34. The Labute approximate surface area is 97.4 Å². The van der Waals surface area contributed by atoms with Crippen molar-refractivity contribution in [1.29, 1.82) is 0 Å². The summed E-state index contributed by atoms with van der Waals surface area (Å²) in [5, 5.41) is 12.3. The number of nitrogens with one attached hydrogen (secondary N) is 1. The molecule has 0 saturated carbocycles. The second-order valence-corrected chi connectivity index (χ2v) is 4.77. The molecular formula is C12H23NO3. The molecule has 4 heteroatoms. The molecular weight excluding hydrogens is 206 g/mol. The van der Waals surface area contributed by atoms with E-state index in [9.17, 15) is 4.79 Å². The van der Waals surface area contributed by atoms with Crippen molar-refractivity contribution in [2.75, 3.05) is 0 Å². The van der Waals surface area contributed by atoms with E-state index < -0.39 is 12.0 Å². The molecule has 0 aromatic heterocycles. The molecule has 94 valence electrons. The van der Waals surface area contributed by atoms with E-state index in [1.807, 2.05) is 20.8 Å². The summed E-state index contributed by atoms with van der Waals surface area (Å²) in [7, 11) is 0. The fourth-order valence-corrected chi connectivity index (χ4v) is 2.39. The van der Waals surface area contributed by atoms with Crippen molar-refractivity contribution in [2.24, 2.45) is 0 Å². The number of hydrogen-bond donors (Lipinski definition) is 2. The van der Waals surface area contributed by atoms with E-state index in [1.54, 1.807) is 0 Å². The van der Waals surface area contributed by atoms with Crippen LogP contribution in [0.5, 0.6) is 0 Å². The molecule has 3 atom stereocenters. The Hall–Kier alpha value is -0.610. The Balaban J connectivity index is 2.47.